The SMILES string of the molecule is CC(N)Cc1ccccc1.CCCCCCCC(=O)O. The monoisotopic (exact) mass is 279 g/mol. The highest BCUT2D eigenvalue weighted by Crippen LogP contribution is 2.04. The molecule has 0 radical (unpaired) electrons. The van der Waals surface area contributed by atoms with Gasteiger partial charge < -0.3 is 10.8 Å². The smallest absolute Gasteiger partial charge is 0.303 e. The molecule has 3 N–H and O–H groups in total. The average Bonchev–Trinajstić information content (AvgIpc) is 2.39. The zero-order chi connectivity index (χ0) is 15.2. The molecule has 0 saturated heterocycles. The van der Waals surface area contributed by atoms with Crippen molar-refractivity contribution >= 4 is 5.97 Å². The molecule has 20 heavy (non-hydrogen) atoms. The Kier molecular flexibility index (Phi) is 11.8. The average molecular weight is 279 g/mol. The fraction of sp³-hybridized carbons (Fsp3) is 0.588. The first kappa shape index (κ1) is 18.7. The summed E-state index contributed by atoms with van der Waals surface area (Å²) in [6.07, 6.45) is 6.86. The number of nitrogens with two attached hydrogens (primary N) is 1. The lowest BCUT2D eigenvalue weighted by Gasteiger charge is -2.02. The summed E-state index contributed by atoms with van der Waals surface area (Å²) in [5.41, 5.74) is 6.94. The first-order valence-electron chi connectivity index (χ1n) is 7.57. The minimum Gasteiger partial charge on any atom is -0.481 e. The number of carboxylic acids is 1. The molecule has 3 nitrogen and oxygen atoms in total. The Labute approximate surface area is 123 Å². The molecule has 0 amide bonds. The van der Waals surface area contributed by atoms with E-state index in [4.69, 9.17) is 10.8 Å². The van der Waals surface area contributed by atoms with Gasteiger partial charge in [0.1, 0.15) is 0 Å². The first-order chi connectivity index (χ1) is 9.56. The van der Waals surface area contributed by atoms with Crippen LogP contribution in [0, 0.1) is 0 Å². The molecule has 1 atom stereocenters. The van der Waals surface area contributed by atoms with E-state index in [-0.39, 0.29) is 6.04 Å². The molecule has 0 aliphatic carbocycles. The van der Waals surface area contributed by atoms with Crippen molar-refractivity contribution < 1.29 is 9.90 Å². The highest BCUT2D eigenvalue weighted by atomic mass is 16.4. The fourth-order valence-corrected chi connectivity index (χ4v) is 1.87. The number of carbonyl (C=O) groups is 1. The van der Waals surface area contributed by atoms with Gasteiger partial charge in [0.25, 0.3) is 0 Å². The van der Waals surface area contributed by atoms with Crippen molar-refractivity contribution in [1.82, 2.24) is 0 Å². The summed E-state index contributed by atoms with van der Waals surface area (Å²) < 4.78 is 0. The summed E-state index contributed by atoms with van der Waals surface area (Å²) in [5.74, 6) is -0.670. The zero-order valence-corrected chi connectivity index (χ0v) is 12.8. The summed E-state index contributed by atoms with van der Waals surface area (Å²) in [5, 5.41) is 8.27. The van der Waals surface area contributed by atoms with Gasteiger partial charge in [0.05, 0.1) is 0 Å². The van der Waals surface area contributed by atoms with Gasteiger partial charge in [-0.05, 0) is 25.3 Å². The van der Waals surface area contributed by atoms with Gasteiger partial charge >= 0.3 is 5.97 Å². The molecule has 1 rings (SSSR count). The lowest BCUT2D eigenvalue weighted by molar-refractivity contribution is -0.137. The summed E-state index contributed by atoms with van der Waals surface area (Å²) in [6.45, 7) is 4.17. The van der Waals surface area contributed by atoms with Crippen LogP contribution in [0.25, 0.3) is 0 Å². The Morgan fingerprint density at radius 2 is 1.75 bits per heavy atom. The zero-order valence-electron chi connectivity index (χ0n) is 12.8. The topological polar surface area (TPSA) is 63.3 Å². The van der Waals surface area contributed by atoms with Crippen LogP contribution < -0.4 is 5.73 Å². The van der Waals surface area contributed by atoms with Crippen LogP contribution in [0.15, 0.2) is 30.3 Å². The number of aliphatic carboxylic acids is 1. The van der Waals surface area contributed by atoms with Gasteiger partial charge in [0, 0.05) is 12.5 Å². The highest BCUT2D eigenvalue weighted by Gasteiger charge is 1.95. The summed E-state index contributed by atoms with van der Waals surface area (Å²) >= 11 is 0. The standard InChI is InChI=1S/C9H13N.C8H16O2/c1-8(10)7-9-5-3-2-4-6-9;1-2-3-4-5-6-7-8(9)10/h2-6,8H,7,10H2,1H3;2-7H2,1H3,(H,9,10). The van der Waals surface area contributed by atoms with Crippen LogP contribution in [0.1, 0.15) is 57.9 Å². The predicted octanol–water partition coefficient (Wildman–Crippen LogP) is 4.01. The van der Waals surface area contributed by atoms with Gasteiger partial charge in [-0.25, -0.2) is 0 Å². The first-order valence-corrected chi connectivity index (χ1v) is 7.57. The van der Waals surface area contributed by atoms with Gasteiger partial charge in [-0.15, -0.1) is 0 Å². The third-order valence-electron chi connectivity index (χ3n) is 2.89. The normalized spacial score (nSPS) is 11.3. The molecule has 1 aromatic carbocycles. The molecule has 114 valence electrons. The number of hydrogen-bond acceptors (Lipinski definition) is 2. The lowest BCUT2D eigenvalue weighted by Crippen LogP contribution is -2.17. The van der Waals surface area contributed by atoms with E-state index in [0.29, 0.717) is 6.42 Å². The molecular formula is C17H29NO2. The van der Waals surface area contributed by atoms with E-state index in [1.54, 1.807) is 0 Å². The summed E-state index contributed by atoms with van der Waals surface area (Å²) in [7, 11) is 0. The molecule has 0 aliphatic rings. The molecule has 1 aromatic rings. The second-order valence-electron chi connectivity index (χ2n) is 5.22. The van der Waals surface area contributed by atoms with E-state index in [9.17, 15) is 4.79 Å². The molecule has 0 heterocycles. The largest absolute Gasteiger partial charge is 0.481 e. The van der Waals surface area contributed by atoms with E-state index in [1.807, 2.05) is 25.1 Å². The fourth-order valence-electron chi connectivity index (χ4n) is 1.87. The van der Waals surface area contributed by atoms with Crippen LogP contribution in [0.3, 0.4) is 0 Å². The van der Waals surface area contributed by atoms with Crippen LogP contribution in [-0.2, 0) is 11.2 Å². The molecular weight excluding hydrogens is 250 g/mol. The molecule has 0 fully saturated rings. The third-order valence-corrected chi connectivity index (χ3v) is 2.89. The highest BCUT2D eigenvalue weighted by molar-refractivity contribution is 5.66. The summed E-state index contributed by atoms with van der Waals surface area (Å²) in [4.78, 5) is 10.0. The van der Waals surface area contributed by atoms with Crippen molar-refractivity contribution in [3.05, 3.63) is 35.9 Å². The molecule has 0 spiro atoms. The van der Waals surface area contributed by atoms with Crippen LogP contribution in [0.4, 0.5) is 0 Å². The van der Waals surface area contributed by atoms with Crippen LogP contribution in [-0.4, -0.2) is 17.1 Å². The Morgan fingerprint density at radius 1 is 1.15 bits per heavy atom. The Morgan fingerprint density at radius 3 is 2.25 bits per heavy atom. The van der Waals surface area contributed by atoms with E-state index < -0.39 is 5.97 Å². The predicted molar refractivity (Wildman–Crippen MR) is 84.8 cm³/mol. The number of benzene rings is 1. The quantitative estimate of drug-likeness (QED) is 0.707. The van der Waals surface area contributed by atoms with Crippen molar-refractivity contribution in [2.75, 3.05) is 0 Å². The van der Waals surface area contributed by atoms with Crippen LogP contribution in [0.2, 0.25) is 0 Å². The Bertz CT molecular complexity index is 336. The molecule has 0 saturated carbocycles. The van der Waals surface area contributed by atoms with Gasteiger partial charge in [-0.1, -0.05) is 62.9 Å². The molecule has 3 heteroatoms. The maximum atomic E-state index is 10.0. The second kappa shape index (κ2) is 12.7. The molecule has 1 unspecified atom stereocenters. The molecule has 0 aliphatic heterocycles. The molecule has 0 bridgehead atoms. The van der Waals surface area contributed by atoms with Crippen molar-refractivity contribution in [3.63, 3.8) is 0 Å². The number of rotatable bonds is 8. The maximum absolute atomic E-state index is 10.0. The van der Waals surface area contributed by atoms with E-state index in [0.717, 1.165) is 19.3 Å². The van der Waals surface area contributed by atoms with E-state index >= 15 is 0 Å². The third kappa shape index (κ3) is 13.1. The van der Waals surface area contributed by atoms with Crippen molar-refractivity contribution in [2.24, 2.45) is 5.73 Å². The minimum atomic E-state index is -0.670. The van der Waals surface area contributed by atoms with Gasteiger partial charge in [0.15, 0.2) is 0 Å². The van der Waals surface area contributed by atoms with Crippen LogP contribution >= 0.6 is 0 Å². The maximum Gasteiger partial charge on any atom is 0.303 e. The van der Waals surface area contributed by atoms with E-state index in [1.165, 1.54) is 24.8 Å². The Hall–Kier alpha value is -1.35. The number of hydrogen-bond donors (Lipinski definition) is 2. The van der Waals surface area contributed by atoms with Crippen molar-refractivity contribution in [2.45, 2.75) is 64.8 Å². The van der Waals surface area contributed by atoms with E-state index in [2.05, 4.69) is 19.1 Å². The lowest BCUT2D eigenvalue weighted by atomic mass is 10.1. The minimum absolute atomic E-state index is 0.266. The summed E-state index contributed by atoms with van der Waals surface area (Å²) in [6, 6.07) is 10.6. The number of unbranched alkanes of at least 4 members (excludes halogenated alkanes) is 4. The second-order valence-corrected chi connectivity index (χ2v) is 5.22. The van der Waals surface area contributed by atoms with Crippen LogP contribution in [0.5, 0.6) is 0 Å². The number of carboxylic acid groups (broad SMARTS) is 1. The van der Waals surface area contributed by atoms with Gasteiger partial charge in [-0.3, -0.25) is 4.79 Å². The van der Waals surface area contributed by atoms with Crippen molar-refractivity contribution in [1.29, 1.82) is 0 Å². The van der Waals surface area contributed by atoms with Gasteiger partial charge in [-0.2, -0.15) is 0 Å². The molecule has 0 aromatic heterocycles. The Balaban J connectivity index is 0.000000361. The van der Waals surface area contributed by atoms with Gasteiger partial charge in [0.2, 0.25) is 0 Å². The van der Waals surface area contributed by atoms with Crippen molar-refractivity contribution in [3.8, 4) is 0 Å².